The van der Waals surface area contributed by atoms with E-state index in [-0.39, 0.29) is 10.1 Å². The van der Waals surface area contributed by atoms with Crippen molar-refractivity contribution in [1.29, 1.82) is 0 Å². The van der Waals surface area contributed by atoms with Crippen LogP contribution in [-0.4, -0.2) is 61.4 Å². The highest BCUT2D eigenvalue weighted by molar-refractivity contribution is 6.74. The van der Waals surface area contributed by atoms with Gasteiger partial charge in [0.25, 0.3) is 11.5 Å². The molecule has 2 fully saturated rings. The number of carbonyl (C=O) groups excluding carboxylic acids is 1. The predicted molar refractivity (Wildman–Crippen MR) is 133 cm³/mol. The van der Waals surface area contributed by atoms with Crippen LogP contribution in [0.1, 0.15) is 47.8 Å². The highest BCUT2D eigenvalue weighted by Crippen LogP contribution is 2.57. The quantitative estimate of drug-likeness (QED) is 0.221. The number of rotatable bonds is 6. The van der Waals surface area contributed by atoms with Crippen molar-refractivity contribution in [1.82, 2.24) is 15.0 Å². The van der Waals surface area contributed by atoms with Gasteiger partial charge in [-0.3, -0.25) is 24.3 Å². The number of epoxide rings is 1. The zero-order valence-corrected chi connectivity index (χ0v) is 24.2. The Kier molecular flexibility index (Phi) is 6.99. The van der Waals surface area contributed by atoms with Crippen LogP contribution in [0.5, 0.6) is 0 Å². The van der Waals surface area contributed by atoms with Crippen LogP contribution in [0.15, 0.2) is 21.9 Å². The summed E-state index contributed by atoms with van der Waals surface area (Å²) in [6.07, 6.45) is -2.80. The van der Waals surface area contributed by atoms with Gasteiger partial charge < -0.3 is 18.3 Å². The summed E-state index contributed by atoms with van der Waals surface area (Å²) in [5, 5.41) is 8.96. The number of carbonyl (C=O) groups is 1. The van der Waals surface area contributed by atoms with Gasteiger partial charge in [-0.1, -0.05) is 41.5 Å². The standard InChI is InChI=1S/C22H39N3O8Si2/c1-20(2,3)34(7,8)32-15-17(25-12-11-13(26)23-19(25)28)30-18(33-35(9,10)21(4,5)6)22(15)14(31-22)16(27)24-29/h11-12,14-15,17-18,29H,1-10H3,(H,24,27)(H,23,26,28)/t14-,15-,17+,18+,22+/m0/s1. The minimum atomic E-state index is -2.51. The number of nitrogens with zero attached hydrogens (tertiary/aromatic N) is 1. The van der Waals surface area contributed by atoms with Crippen LogP contribution in [0.3, 0.4) is 0 Å². The van der Waals surface area contributed by atoms with E-state index in [1.165, 1.54) is 16.8 Å². The summed E-state index contributed by atoms with van der Waals surface area (Å²) in [5.41, 5.74) is -0.964. The van der Waals surface area contributed by atoms with Crippen LogP contribution in [-0.2, 0) is 23.1 Å². The van der Waals surface area contributed by atoms with Crippen molar-refractivity contribution in [3.8, 4) is 0 Å². The molecule has 11 nitrogen and oxygen atoms in total. The van der Waals surface area contributed by atoms with E-state index in [2.05, 4.69) is 46.5 Å². The monoisotopic (exact) mass is 529 g/mol. The highest BCUT2D eigenvalue weighted by Gasteiger charge is 2.78. The summed E-state index contributed by atoms with van der Waals surface area (Å²) in [6.45, 7) is 20.6. The molecule has 2 saturated heterocycles. The van der Waals surface area contributed by atoms with Gasteiger partial charge in [0.05, 0.1) is 0 Å². The molecule has 0 aromatic carbocycles. The van der Waals surface area contributed by atoms with E-state index >= 15 is 0 Å². The lowest BCUT2D eigenvalue weighted by Crippen LogP contribution is -2.54. The zero-order chi connectivity index (χ0) is 26.8. The fourth-order valence-electron chi connectivity index (χ4n) is 3.59. The normalized spacial score (nSPS) is 29.5. The predicted octanol–water partition coefficient (Wildman–Crippen LogP) is 2.45. The van der Waals surface area contributed by atoms with Crippen LogP contribution >= 0.6 is 0 Å². The Balaban J connectivity index is 2.17. The van der Waals surface area contributed by atoms with E-state index in [0.29, 0.717) is 0 Å². The Morgan fingerprint density at radius 2 is 1.63 bits per heavy atom. The van der Waals surface area contributed by atoms with Crippen LogP contribution in [0.2, 0.25) is 36.3 Å². The molecule has 1 aromatic rings. The molecule has 0 radical (unpaired) electrons. The maximum atomic E-state index is 12.8. The Morgan fingerprint density at radius 1 is 1.09 bits per heavy atom. The fraction of sp³-hybridized carbons (Fsp3) is 0.773. The topological polar surface area (TPSA) is 144 Å². The lowest BCUT2D eigenvalue weighted by atomic mass is 9.98. The summed E-state index contributed by atoms with van der Waals surface area (Å²) >= 11 is 0. The van der Waals surface area contributed by atoms with Crippen molar-refractivity contribution in [3.05, 3.63) is 33.1 Å². The summed E-state index contributed by atoms with van der Waals surface area (Å²) in [5.74, 6) is -0.754. The fourth-order valence-corrected chi connectivity index (χ4v) is 6.01. The van der Waals surface area contributed by atoms with Crippen LogP contribution in [0, 0.1) is 0 Å². The summed E-state index contributed by atoms with van der Waals surface area (Å²) in [7, 11) is -4.97. The van der Waals surface area contributed by atoms with E-state index in [4.69, 9.17) is 18.3 Å². The molecule has 1 amide bonds. The van der Waals surface area contributed by atoms with Gasteiger partial charge in [0.15, 0.2) is 40.9 Å². The van der Waals surface area contributed by atoms with Gasteiger partial charge in [0, 0.05) is 12.3 Å². The third-order valence-corrected chi connectivity index (χ3v) is 16.8. The lowest BCUT2D eigenvalue weighted by Gasteiger charge is -2.41. The molecule has 2 aliphatic heterocycles. The maximum Gasteiger partial charge on any atom is 0.330 e. The van der Waals surface area contributed by atoms with Gasteiger partial charge in [-0.05, 0) is 36.3 Å². The Morgan fingerprint density at radius 3 is 2.11 bits per heavy atom. The average molecular weight is 530 g/mol. The minimum Gasteiger partial charge on any atom is -0.406 e. The number of hydrogen-bond acceptors (Lipinski definition) is 8. The Bertz CT molecular complexity index is 1090. The summed E-state index contributed by atoms with van der Waals surface area (Å²) in [4.78, 5) is 39.3. The number of aromatic amines is 1. The summed E-state index contributed by atoms with van der Waals surface area (Å²) < 4.78 is 26.9. The number of H-pyrrole nitrogens is 1. The average Bonchev–Trinajstić information content (AvgIpc) is 3.38. The molecule has 35 heavy (non-hydrogen) atoms. The second kappa shape index (κ2) is 8.75. The van der Waals surface area contributed by atoms with Crippen molar-refractivity contribution in [2.24, 2.45) is 0 Å². The molecule has 0 saturated carbocycles. The van der Waals surface area contributed by atoms with Crippen molar-refractivity contribution >= 4 is 22.5 Å². The molecule has 198 valence electrons. The molecule has 1 spiro atoms. The molecular formula is C22H39N3O8Si2. The van der Waals surface area contributed by atoms with E-state index in [9.17, 15) is 19.6 Å². The molecule has 0 bridgehead atoms. The smallest absolute Gasteiger partial charge is 0.330 e. The largest absolute Gasteiger partial charge is 0.406 e. The number of ether oxygens (including phenoxy) is 2. The third-order valence-electron chi connectivity index (χ3n) is 7.92. The second-order valence-corrected chi connectivity index (χ2v) is 21.9. The number of nitrogens with one attached hydrogen (secondary N) is 2. The Hall–Kier alpha value is -1.62. The number of hydroxylamine groups is 1. The first kappa shape index (κ1) is 28.0. The molecule has 0 aliphatic carbocycles. The maximum absolute atomic E-state index is 12.8. The van der Waals surface area contributed by atoms with Crippen LogP contribution < -0.4 is 16.7 Å². The molecule has 0 unspecified atom stereocenters. The van der Waals surface area contributed by atoms with Crippen molar-refractivity contribution in [2.45, 2.75) is 108 Å². The van der Waals surface area contributed by atoms with E-state index in [1.54, 1.807) is 5.48 Å². The molecular weight excluding hydrogens is 490 g/mol. The van der Waals surface area contributed by atoms with Gasteiger partial charge in [0.1, 0.15) is 6.10 Å². The van der Waals surface area contributed by atoms with Crippen LogP contribution in [0.4, 0.5) is 0 Å². The first-order chi connectivity index (χ1) is 15.8. The van der Waals surface area contributed by atoms with E-state index < -0.39 is 64.1 Å². The SMILES string of the molecule is CC(C)(C)[Si](C)(C)O[C@H]1O[C@@H](n2ccc(=O)[nH]c2=O)[C@H](O[Si](C)(C)C(C)(C)C)[C@@]12O[C@H]2C(=O)NO. The molecule has 3 rings (SSSR count). The molecule has 3 heterocycles. The highest BCUT2D eigenvalue weighted by atomic mass is 28.4. The Labute approximate surface area is 207 Å². The molecule has 3 N–H and O–H groups in total. The zero-order valence-electron chi connectivity index (χ0n) is 22.2. The molecule has 2 aliphatic rings. The van der Waals surface area contributed by atoms with E-state index in [1.807, 2.05) is 26.2 Å². The molecule has 13 heteroatoms. The number of aromatic nitrogens is 2. The number of hydrogen-bond donors (Lipinski definition) is 3. The van der Waals surface area contributed by atoms with Gasteiger partial charge >= 0.3 is 5.69 Å². The summed E-state index contributed by atoms with van der Waals surface area (Å²) in [6, 6.07) is 1.22. The molecule has 1 aromatic heterocycles. The van der Waals surface area contributed by atoms with Gasteiger partial charge in [0.2, 0.25) is 0 Å². The first-order valence-corrected chi connectivity index (χ1v) is 17.5. The first-order valence-electron chi connectivity index (χ1n) is 11.7. The minimum absolute atomic E-state index is 0.191. The lowest BCUT2D eigenvalue weighted by molar-refractivity contribution is -0.131. The van der Waals surface area contributed by atoms with Crippen molar-refractivity contribution in [2.75, 3.05) is 0 Å². The van der Waals surface area contributed by atoms with E-state index in [0.717, 1.165) is 0 Å². The third kappa shape index (κ3) is 4.87. The second-order valence-electron chi connectivity index (χ2n) is 12.4. The number of amides is 1. The van der Waals surface area contributed by atoms with Crippen LogP contribution in [0.25, 0.3) is 0 Å². The molecule has 5 atom stereocenters. The van der Waals surface area contributed by atoms with Gasteiger partial charge in [-0.25, -0.2) is 10.3 Å². The van der Waals surface area contributed by atoms with Gasteiger partial charge in [-0.15, -0.1) is 0 Å². The van der Waals surface area contributed by atoms with Crippen molar-refractivity contribution in [3.63, 3.8) is 0 Å². The van der Waals surface area contributed by atoms with Crippen molar-refractivity contribution < 1.29 is 28.3 Å². The van der Waals surface area contributed by atoms with Gasteiger partial charge in [-0.2, -0.15) is 0 Å².